The molecule has 7 heteroatoms. The van der Waals surface area contributed by atoms with E-state index in [1.54, 1.807) is 6.08 Å². The van der Waals surface area contributed by atoms with Gasteiger partial charge in [0.25, 0.3) is 5.91 Å². The molecular formula is C18H22N2O3S2. The van der Waals surface area contributed by atoms with Crippen molar-refractivity contribution in [2.45, 2.75) is 26.7 Å². The van der Waals surface area contributed by atoms with E-state index in [9.17, 15) is 9.59 Å². The molecule has 0 aliphatic carbocycles. The lowest BCUT2D eigenvalue weighted by Crippen LogP contribution is -2.39. The van der Waals surface area contributed by atoms with Gasteiger partial charge in [-0.1, -0.05) is 49.5 Å². The predicted octanol–water partition coefficient (Wildman–Crippen LogP) is 3.20. The van der Waals surface area contributed by atoms with Gasteiger partial charge < -0.3 is 10.1 Å². The Bertz CT molecular complexity index is 671. The van der Waals surface area contributed by atoms with Gasteiger partial charge in [-0.15, -0.1) is 0 Å². The van der Waals surface area contributed by atoms with Gasteiger partial charge in [-0.2, -0.15) is 0 Å². The maximum atomic E-state index is 12.5. The fourth-order valence-corrected chi connectivity index (χ4v) is 3.47. The quantitative estimate of drug-likeness (QED) is 0.428. The van der Waals surface area contributed by atoms with E-state index in [-0.39, 0.29) is 18.4 Å². The number of amides is 2. The highest BCUT2D eigenvalue weighted by atomic mass is 32.2. The van der Waals surface area contributed by atoms with E-state index in [0.717, 1.165) is 24.2 Å². The number of rotatable bonds is 8. The van der Waals surface area contributed by atoms with Crippen molar-refractivity contribution in [1.29, 1.82) is 0 Å². The van der Waals surface area contributed by atoms with Gasteiger partial charge in [-0.3, -0.25) is 14.5 Å². The van der Waals surface area contributed by atoms with Gasteiger partial charge in [0.1, 0.15) is 16.6 Å². The van der Waals surface area contributed by atoms with E-state index in [1.165, 1.54) is 16.7 Å². The lowest BCUT2D eigenvalue weighted by atomic mass is 10.2. The molecule has 1 N–H and O–H groups in total. The normalized spacial score (nSPS) is 15.8. The second kappa shape index (κ2) is 9.58. The molecule has 1 aromatic rings. The Kier molecular flexibility index (Phi) is 7.46. The maximum absolute atomic E-state index is 12.5. The minimum absolute atomic E-state index is 0.0327. The Hall–Kier alpha value is -1.86. The highest BCUT2D eigenvalue weighted by molar-refractivity contribution is 8.26. The summed E-state index contributed by atoms with van der Waals surface area (Å²) >= 11 is 6.47. The van der Waals surface area contributed by atoms with Crippen molar-refractivity contribution in [2.24, 2.45) is 0 Å². The fraction of sp³-hybridized carbons (Fsp3) is 0.389. The van der Waals surface area contributed by atoms with Gasteiger partial charge in [0.15, 0.2) is 0 Å². The number of unbranched alkanes of at least 4 members (excludes halogenated alkanes) is 1. The molecule has 1 aliphatic rings. The van der Waals surface area contributed by atoms with Crippen LogP contribution in [0.3, 0.4) is 0 Å². The summed E-state index contributed by atoms with van der Waals surface area (Å²) in [5.41, 5.74) is 0.886. The molecule has 5 nitrogen and oxygen atoms in total. The molecule has 1 aromatic carbocycles. The monoisotopic (exact) mass is 378 g/mol. The summed E-state index contributed by atoms with van der Waals surface area (Å²) in [4.78, 5) is 26.3. The van der Waals surface area contributed by atoms with E-state index in [4.69, 9.17) is 17.0 Å². The van der Waals surface area contributed by atoms with E-state index in [0.29, 0.717) is 22.4 Å². The number of hydrogen-bond donors (Lipinski definition) is 1. The van der Waals surface area contributed by atoms with Crippen LogP contribution in [-0.2, 0) is 9.59 Å². The summed E-state index contributed by atoms with van der Waals surface area (Å²) in [7, 11) is 0. The average molecular weight is 379 g/mol. The van der Waals surface area contributed by atoms with Gasteiger partial charge in [0, 0.05) is 6.54 Å². The van der Waals surface area contributed by atoms with Crippen molar-refractivity contribution in [3.05, 3.63) is 34.7 Å². The summed E-state index contributed by atoms with van der Waals surface area (Å²) in [6.07, 6.45) is 3.71. The molecule has 0 radical (unpaired) electrons. The molecule has 1 aliphatic heterocycles. The summed E-state index contributed by atoms with van der Waals surface area (Å²) in [5, 5.41) is 2.80. The second-order valence-corrected chi connectivity index (χ2v) is 7.15. The Morgan fingerprint density at radius 2 is 2.04 bits per heavy atom. The van der Waals surface area contributed by atoms with Crippen LogP contribution in [0.25, 0.3) is 6.08 Å². The van der Waals surface area contributed by atoms with Crippen molar-refractivity contribution >= 4 is 46.2 Å². The first-order valence-corrected chi connectivity index (χ1v) is 9.52. The van der Waals surface area contributed by atoms with Crippen LogP contribution in [0.5, 0.6) is 5.75 Å². The smallest absolute Gasteiger partial charge is 0.266 e. The molecule has 0 atom stereocenters. The lowest BCUT2D eigenvalue weighted by Gasteiger charge is -2.13. The van der Waals surface area contributed by atoms with Gasteiger partial charge >= 0.3 is 0 Å². The zero-order valence-corrected chi connectivity index (χ0v) is 16.0. The van der Waals surface area contributed by atoms with Crippen molar-refractivity contribution < 1.29 is 14.3 Å². The Morgan fingerprint density at radius 3 is 2.68 bits per heavy atom. The second-order valence-electron chi connectivity index (χ2n) is 5.47. The Balaban J connectivity index is 2.00. The van der Waals surface area contributed by atoms with Crippen molar-refractivity contribution in [1.82, 2.24) is 10.2 Å². The van der Waals surface area contributed by atoms with Crippen LogP contribution >= 0.6 is 24.0 Å². The number of carbonyl (C=O) groups excluding carboxylic acids is 2. The summed E-state index contributed by atoms with van der Waals surface area (Å²) in [6.45, 7) is 5.18. The number of nitrogens with zero attached hydrogens (tertiary/aromatic N) is 1. The number of hydrogen-bond acceptors (Lipinski definition) is 5. The molecular weight excluding hydrogens is 356 g/mol. The first-order chi connectivity index (χ1) is 12.0. The average Bonchev–Trinajstić information content (AvgIpc) is 2.85. The molecule has 0 saturated carbocycles. The van der Waals surface area contributed by atoms with Gasteiger partial charge in [-0.05, 0) is 37.1 Å². The van der Waals surface area contributed by atoms with Crippen LogP contribution in [-0.4, -0.2) is 40.7 Å². The maximum Gasteiger partial charge on any atom is 0.266 e. The number of benzene rings is 1. The number of thioether (sulfide) groups is 1. The SMILES string of the molecule is CCCCNC(=O)CN1C(=O)C(=Cc2ccc(OCC)cc2)SC1=S. The van der Waals surface area contributed by atoms with Gasteiger partial charge in [0.2, 0.25) is 5.91 Å². The first-order valence-electron chi connectivity index (χ1n) is 8.30. The molecule has 0 bridgehead atoms. The molecule has 1 saturated heterocycles. The summed E-state index contributed by atoms with van der Waals surface area (Å²) in [5.74, 6) is 0.373. The minimum Gasteiger partial charge on any atom is -0.494 e. The van der Waals surface area contributed by atoms with Crippen LogP contribution in [0.4, 0.5) is 0 Å². The number of carbonyl (C=O) groups is 2. The zero-order chi connectivity index (χ0) is 18.2. The van der Waals surface area contributed by atoms with Gasteiger partial charge in [0.05, 0.1) is 11.5 Å². The van der Waals surface area contributed by atoms with Crippen LogP contribution in [0.15, 0.2) is 29.2 Å². The highest BCUT2D eigenvalue weighted by Crippen LogP contribution is 2.32. The van der Waals surface area contributed by atoms with E-state index in [1.807, 2.05) is 31.2 Å². The molecule has 1 heterocycles. The van der Waals surface area contributed by atoms with Crippen molar-refractivity contribution in [3.63, 3.8) is 0 Å². The van der Waals surface area contributed by atoms with Gasteiger partial charge in [-0.25, -0.2) is 0 Å². The predicted molar refractivity (Wildman–Crippen MR) is 105 cm³/mol. The molecule has 0 aromatic heterocycles. The van der Waals surface area contributed by atoms with E-state index < -0.39 is 0 Å². The standard InChI is InChI=1S/C18H22N2O3S2/c1-3-5-10-19-16(21)12-20-17(22)15(25-18(20)24)11-13-6-8-14(9-7-13)23-4-2/h6-9,11H,3-5,10,12H2,1-2H3,(H,19,21). The van der Waals surface area contributed by atoms with Crippen LogP contribution in [0.2, 0.25) is 0 Å². The molecule has 25 heavy (non-hydrogen) atoms. The minimum atomic E-state index is -0.227. The molecule has 2 rings (SSSR count). The molecule has 134 valence electrons. The Labute approximate surface area is 157 Å². The third-order valence-electron chi connectivity index (χ3n) is 3.52. The highest BCUT2D eigenvalue weighted by Gasteiger charge is 2.33. The van der Waals surface area contributed by atoms with Crippen LogP contribution in [0, 0.1) is 0 Å². The third-order valence-corrected chi connectivity index (χ3v) is 4.89. The first kappa shape index (κ1) is 19.5. The molecule has 0 unspecified atom stereocenters. The van der Waals surface area contributed by atoms with Crippen molar-refractivity contribution in [3.8, 4) is 5.75 Å². The number of thiocarbonyl (C=S) groups is 1. The lowest BCUT2D eigenvalue weighted by molar-refractivity contribution is -0.128. The Morgan fingerprint density at radius 1 is 1.32 bits per heavy atom. The molecule has 2 amide bonds. The molecule has 1 fully saturated rings. The number of ether oxygens (including phenoxy) is 1. The van der Waals surface area contributed by atoms with Crippen LogP contribution < -0.4 is 10.1 Å². The summed E-state index contributed by atoms with van der Waals surface area (Å²) < 4.78 is 5.81. The largest absolute Gasteiger partial charge is 0.494 e. The topological polar surface area (TPSA) is 58.6 Å². The number of nitrogens with one attached hydrogen (secondary N) is 1. The molecule has 0 spiro atoms. The van der Waals surface area contributed by atoms with Crippen molar-refractivity contribution in [2.75, 3.05) is 19.7 Å². The summed E-state index contributed by atoms with van der Waals surface area (Å²) in [6, 6.07) is 7.48. The fourth-order valence-electron chi connectivity index (χ4n) is 2.22. The zero-order valence-electron chi connectivity index (χ0n) is 14.4. The van der Waals surface area contributed by atoms with E-state index in [2.05, 4.69) is 12.2 Å². The third kappa shape index (κ3) is 5.57. The van der Waals surface area contributed by atoms with Crippen LogP contribution in [0.1, 0.15) is 32.3 Å². The van der Waals surface area contributed by atoms with E-state index >= 15 is 0 Å².